The van der Waals surface area contributed by atoms with Crippen LogP contribution in [0.1, 0.15) is 17.3 Å². The molecule has 6 heteroatoms. The first-order valence-corrected chi connectivity index (χ1v) is 3.65. The Morgan fingerprint density at radius 1 is 1.06 bits per heavy atom. The van der Waals surface area contributed by atoms with E-state index in [0.717, 1.165) is 6.92 Å². The monoisotopic (exact) mass is 252 g/mol. The molecule has 0 bridgehead atoms. The van der Waals surface area contributed by atoms with Crippen molar-refractivity contribution >= 4 is 11.9 Å². The Bertz CT molecular complexity index is 316. The quantitative estimate of drug-likeness (QED) is 0.424. The average Bonchev–Trinajstić information content (AvgIpc) is 2.03. The number of aliphatic carboxylic acids is 1. The van der Waals surface area contributed by atoms with Crippen LogP contribution in [0.4, 0.5) is 0 Å². The van der Waals surface area contributed by atoms with Crippen molar-refractivity contribution in [1.29, 1.82) is 0 Å². The molecule has 1 rings (SSSR count). The minimum absolute atomic E-state index is 0. The molecule has 0 aliphatic rings. The summed E-state index contributed by atoms with van der Waals surface area (Å²) in [5, 5.41) is 24.6. The standard InChI is InChI=1S/C7H6O3.C2H4O2.CH3.K/c8-6-3-1-5(2-4-6)7(9)10;1-2(3)4;;/h1-4,8H,(H,9,10);1H3,(H,3,4);1H3;/q;;-1;+1. The molecule has 3 N–H and O–H groups in total. The molecule has 0 atom stereocenters. The van der Waals surface area contributed by atoms with Crippen molar-refractivity contribution in [2.45, 2.75) is 6.92 Å². The Balaban J connectivity index is -0.000000249. The van der Waals surface area contributed by atoms with Gasteiger partial charge in [-0.15, -0.1) is 0 Å². The third-order valence-corrected chi connectivity index (χ3v) is 1.11. The summed E-state index contributed by atoms with van der Waals surface area (Å²) in [6.45, 7) is 1.08. The van der Waals surface area contributed by atoms with Crippen LogP contribution in [0.5, 0.6) is 5.75 Å². The maximum absolute atomic E-state index is 10.2. The summed E-state index contributed by atoms with van der Waals surface area (Å²) in [6, 6.07) is 5.36. The normalized spacial score (nSPS) is 7.31. The minimum Gasteiger partial charge on any atom is -0.508 e. The van der Waals surface area contributed by atoms with Crippen LogP contribution in [0.2, 0.25) is 0 Å². The summed E-state index contributed by atoms with van der Waals surface area (Å²) in [6.07, 6.45) is 0. The second-order valence-corrected chi connectivity index (χ2v) is 2.37. The summed E-state index contributed by atoms with van der Waals surface area (Å²) in [5.41, 5.74) is 0.179. The molecule has 1 aromatic rings. The second-order valence-electron chi connectivity index (χ2n) is 2.37. The van der Waals surface area contributed by atoms with Crippen LogP contribution < -0.4 is 51.4 Å². The number of carboxylic acid groups (broad SMARTS) is 2. The zero-order valence-corrected chi connectivity index (χ0v) is 12.6. The van der Waals surface area contributed by atoms with E-state index in [2.05, 4.69) is 0 Å². The van der Waals surface area contributed by atoms with Crippen LogP contribution in [0.15, 0.2) is 24.3 Å². The molecule has 0 saturated carbocycles. The van der Waals surface area contributed by atoms with Crippen LogP contribution in [0.25, 0.3) is 0 Å². The molecular weight excluding hydrogens is 239 g/mol. The molecule has 84 valence electrons. The average molecular weight is 252 g/mol. The fraction of sp³-hybridized carbons (Fsp3) is 0.100. The van der Waals surface area contributed by atoms with E-state index in [4.69, 9.17) is 20.1 Å². The summed E-state index contributed by atoms with van der Waals surface area (Å²) < 4.78 is 0. The van der Waals surface area contributed by atoms with Crippen LogP contribution in [-0.2, 0) is 4.79 Å². The smallest absolute Gasteiger partial charge is 0.508 e. The van der Waals surface area contributed by atoms with Crippen molar-refractivity contribution in [3.63, 3.8) is 0 Å². The van der Waals surface area contributed by atoms with Gasteiger partial charge in [0.25, 0.3) is 5.97 Å². The minimum atomic E-state index is -0.986. The number of phenolic OH excluding ortho intramolecular Hbond substituents is 1. The maximum atomic E-state index is 10.2. The van der Waals surface area contributed by atoms with Gasteiger partial charge >= 0.3 is 57.4 Å². The summed E-state index contributed by atoms with van der Waals surface area (Å²) in [4.78, 5) is 19.2. The van der Waals surface area contributed by atoms with E-state index >= 15 is 0 Å². The summed E-state index contributed by atoms with van der Waals surface area (Å²) >= 11 is 0. The first kappa shape index (κ1) is 20.9. The van der Waals surface area contributed by atoms with Gasteiger partial charge in [0, 0.05) is 6.92 Å². The molecule has 0 amide bonds. The van der Waals surface area contributed by atoms with E-state index in [0.29, 0.717) is 0 Å². The van der Waals surface area contributed by atoms with Gasteiger partial charge in [-0.3, -0.25) is 4.79 Å². The largest absolute Gasteiger partial charge is 1.00 e. The van der Waals surface area contributed by atoms with Gasteiger partial charge in [0.15, 0.2) is 0 Å². The van der Waals surface area contributed by atoms with Gasteiger partial charge in [0.2, 0.25) is 0 Å². The van der Waals surface area contributed by atoms with Crippen molar-refractivity contribution in [3.05, 3.63) is 37.3 Å². The Labute approximate surface area is 137 Å². The molecule has 5 nitrogen and oxygen atoms in total. The zero-order chi connectivity index (χ0) is 11.1. The Hall–Kier alpha value is -0.404. The van der Waals surface area contributed by atoms with E-state index in [1.807, 2.05) is 0 Å². The van der Waals surface area contributed by atoms with E-state index in [1.54, 1.807) is 0 Å². The van der Waals surface area contributed by atoms with E-state index < -0.39 is 11.9 Å². The SMILES string of the molecule is CC(=O)O.O=C(O)c1ccc(O)cc1.[CH3-].[K+]. The van der Waals surface area contributed by atoms with E-state index in [1.165, 1.54) is 24.3 Å². The van der Waals surface area contributed by atoms with E-state index in [9.17, 15) is 4.79 Å². The number of carboxylic acids is 2. The number of aromatic hydroxyl groups is 1. The first-order valence-electron chi connectivity index (χ1n) is 3.65. The third-order valence-electron chi connectivity index (χ3n) is 1.11. The fourth-order valence-corrected chi connectivity index (χ4v) is 0.604. The molecule has 1 aromatic carbocycles. The topological polar surface area (TPSA) is 94.8 Å². The predicted molar refractivity (Wildman–Crippen MR) is 54.8 cm³/mol. The third kappa shape index (κ3) is 11.7. The van der Waals surface area contributed by atoms with Gasteiger partial charge < -0.3 is 22.7 Å². The molecule has 0 aromatic heterocycles. The molecule has 0 aliphatic heterocycles. The van der Waals surface area contributed by atoms with Crippen LogP contribution in [0, 0.1) is 7.43 Å². The van der Waals surface area contributed by atoms with Crippen molar-refractivity contribution < 1.29 is 76.3 Å². The van der Waals surface area contributed by atoms with Crippen LogP contribution >= 0.6 is 0 Å². The number of aromatic carboxylic acids is 1. The van der Waals surface area contributed by atoms with Gasteiger partial charge in [-0.05, 0) is 24.3 Å². The second kappa shape index (κ2) is 11.1. The number of hydrogen-bond acceptors (Lipinski definition) is 3. The molecule has 0 spiro atoms. The van der Waals surface area contributed by atoms with Crippen molar-refractivity contribution in [1.82, 2.24) is 0 Å². The summed E-state index contributed by atoms with van der Waals surface area (Å²) in [5.74, 6) is -1.75. The molecule has 0 radical (unpaired) electrons. The number of benzene rings is 1. The molecule has 0 aliphatic carbocycles. The number of rotatable bonds is 1. The fourth-order valence-electron chi connectivity index (χ4n) is 0.604. The van der Waals surface area contributed by atoms with Gasteiger partial charge in [0.05, 0.1) is 5.56 Å². The Kier molecular flexibility index (Phi) is 14.5. The zero-order valence-electron chi connectivity index (χ0n) is 9.47. The van der Waals surface area contributed by atoms with Crippen LogP contribution in [0.3, 0.4) is 0 Å². The number of phenols is 1. The van der Waals surface area contributed by atoms with Gasteiger partial charge in [-0.25, -0.2) is 4.79 Å². The number of carbonyl (C=O) groups is 2. The van der Waals surface area contributed by atoms with E-state index in [-0.39, 0.29) is 70.1 Å². The Morgan fingerprint density at radius 2 is 1.38 bits per heavy atom. The maximum Gasteiger partial charge on any atom is 1.00 e. The van der Waals surface area contributed by atoms with Crippen molar-refractivity contribution in [2.75, 3.05) is 0 Å². The van der Waals surface area contributed by atoms with Crippen molar-refractivity contribution in [3.8, 4) is 5.75 Å². The van der Waals surface area contributed by atoms with Crippen molar-refractivity contribution in [2.24, 2.45) is 0 Å². The Morgan fingerprint density at radius 3 is 1.62 bits per heavy atom. The molecule has 16 heavy (non-hydrogen) atoms. The van der Waals surface area contributed by atoms with Gasteiger partial charge in [-0.2, -0.15) is 0 Å². The predicted octanol–water partition coefficient (Wildman–Crippen LogP) is -1.36. The van der Waals surface area contributed by atoms with Crippen LogP contribution in [-0.4, -0.2) is 27.3 Å². The first-order chi connectivity index (χ1) is 6.43. The molecule has 0 saturated heterocycles. The summed E-state index contributed by atoms with van der Waals surface area (Å²) in [7, 11) is 0. The van der Waals surface area contributed by atoms with Gasteiger partial charge in [0.1, 0.15) is 5.75 Å². The molecule has 0 fully saturated rings. The molecule has 0 heterocycles. The van der Waals surface area contributed by atoms with Gasteiger partial charge in [-0.1, -0.05) is 0 Å². The molecular formula is C10H13KO5. The molecule has 0 unspecified atom stereocenters. The number of hydrogen-bond donors (Lipinski definition) is 3.